The van der Waals surface area contributed by atoms with Gasteiger partial charge in [-0.1, -0.05) is 65.7 Å². The molecule has 22 heavy (non-hydrogen) atoms. The first-order valence-corrected chi connectivity index (χ1v) is 8.08. The molecule has 2 aromatic rings. The fourth-order valence-corrected chi connectivity index (χ4v) is 3.02. The molecule has 1 atom stereocenters. The van der Waals surface area contributed by atoms with E-state index in [1.54, 1.807) is 6.26 Å². The van der Waals surface area contributed by atoms with Crippen molar-refractivity contribution in [2.24, 2.45) is 0 Å². The molecule has 0 fully saturated rings. The Morgan fingerprint density at radius 1 is 0.955 bits per heavy atom. The van der Waals surface area contributed by atoms with E-state index in [4.69, 9.17) is 28.0 Å². The third kappa shape index (κ3) is 3.64. The lowest BCUT2D eigenvalue weighted by Gasteiger charge is -2.23. The highest BCUT2D eigenvalue weighted by molar-refractivity contribution is 6.31. The molecule has 0 radical (unpaired) electrons. The van der Waals surface area contributed by atoms with E-state index in [0.717, 1.165) is 30.0 Å². The SMILES string of the molecule is ClC1=CON(CCCc2ccccc2)C1c1ccc(Cl)cc1. The van der Waals surface area contributed by atoms with Crippen LogP contribution in [-0.4, -0.2) is 11.6 Å². The predicted octanol–water partition coefficient (Wildman–Crippen LogP) is 5.34. The summed E-state index contributed by atoms with van der Waals surface area (Å²) in [5.74, 6) is 0. The molecule has 1 heterocycles. The van der Waals surface area contributed by atoms with E-state index in [2.05, 4.69) is 24.3 Å². The fourth-order valence-electron chi connectivity index (χ4n) is 2.62. The summed E-state index contributed by atoms with van der Waals surface area (Å²) in [4.78, 5) is 5.61. The second kappa shape index (κ2) is 7.19. The van der Waals surface area contributed by atoms with Crippen LogP contribution < -0.4 is 0 Å². The molecule has 0 bridgehead atoms. The fraction of sp³-hybridized carbons (Fsp3) is 0.222. The number of rotatable bonds is 5. The Kier molecular flexibility index (Phi) is 5.04. The largest absolute Gasteiger partial charge is 0.412 e. The van der Waals surface area contributed by atoms with Gasteiger partial charge in [0.25, 0.3) is 0 Å². The van der Waals surface area contributed by atoms with Crippen LogP contribution in [0.25, 0.3) is 0 Å². The molecule has 0 saturated carbocycles. The van der Waals surface area contributed by atoms with Crippen LogP contribution in [0, 0.1) is 0 Å². The molecule has 1 aliphatic rings. The maximum Gasteiger partial charge on any atom is 0.128 e. The molecule has 0 amide bonds. The van der Waals surface area contributed by atoms with E-state index in [1.165, 1.54) is 5.56 Å². The quantitative estimate of drug-likeness (QED) is 0.732. The number of halogens is 2. The molecule has 2 aromatic carbocycles. The van der Waals surface area contributed by atoms with E-state index < -0.39 is 0 Å². The zero-order valence-electron chi connectivity index (χ0n) is 12.1. The van der Waals surface area contributed by atoms with Crippen LogP contribution in [0.15, 0.2) is 65.9 Å². The lowest BCUT2D eigenvalue weighted by atomic mass is 10.1. The zero-order chi connectivity index (χ0) is 15.4. The number of aryl methyl sites for hydroxylation is 1. The van der Waals surface area contributed by atoms with Gasteiger partial charge in [0.2, 0.25) is 0 Å². The monoisotopic (exact) mass is 333 g/mol. The van der Waals surface area contributed by atoms with Gasteiger partial charge in [0, 0.05) is 11.6 Å². The second-order valence-corrected chi connectivity index (χ2v) is 6.16. The molecule has 114 valence electrons. The van der Waals surface area contributed by atoms with E-state index in [9.17, 15) is 0 Å². The molecule has 0 saturated heterocycles. The smallest absolute Gasteiger partial charge is 0.128 e. The summed E-state index contributed by atoms with van der Waals surface area (Å²) in [6.45, 7) is 0.814. The van der Waals surface area contributed by atoms with Crippen LogP contribution in [0.2, 0.25) is 5.02 Å². The predicted molar refractivity (Wildman–Crippen MR) is 90.7 cm³/mol. The summed E-state index contributed by atoms with van der Waals surface area (Å²) in [7, 11) is 0. The first-order valence-electron chi connectivity index (χ1n) is 7.32. The molecule has 0 aromatic heterocycles. The van der Waals surface area contributed by atoms with Gasteiger partial charge in [-0.25, -0.2) is 0 Å². The standard InChI is InChI=1S/C18H17Cl2NO/c19-16-10-8-15(9-11-16)18-17(20)13-22-21(18)12-4-7-14-5-2-1-3-6-14/h1-3,5-6,8-11,13,18H,4,7,12H2. The summed E-state index contributed by atoms with van der Waals surface area (Å²) in [5, 5.41) is 3.34. The Hall–Kier alpha value is -1.48. The van der Waals surface area contributed by atoms with Gasteiger partial charge in [0.15, 0.2) is 0 Å². The highest BCUT2D eigenvalue weighted by Gasteiger charge is 2.29. The van der Waals surface area contributed by atoms with Gasteiger partial charge in [-0.2, -0.15) is 0 Å². The van der Waals surface area contributed by atoms with Crippen molar-refractivity contribution in [3.05, 3.63) is 82.0 Å². The van der Waals surface area contributed by atoms with Crippen molar-refractivity contribution in [1.82, 2.24) is 5.06 Å². The molecule has 1 aliphatic heterocycles. The Morgan fingerprint density at radius 2 is 1.68 bits per heavy atom. The average Bonchev–Trinajstić information content (AvgIpc) is 2.90. The normalized spacial score (nSPS) is 18.1. The third-order valence-electron chi connectivity index (χ3n) is 3.72. The summed E-state index contributed by atoms with van der Waals surface area (Å²) in [5.41, 5.74) is 2.42. The Balaban J connectivity index is 1.62. The van der Waals surface area contributed by atoms with Crippen molar-refractivity contribution in [3.8, 4) is 0 Å². The molecular formula is C18H17Cl2NO. The van der Waals surface area contributed by atoms with Crippen LogP contribution in [-0.2, 0) is 11.3 Å². The molecule has 4 heteroatoms. The highest BCUT2D eigenvalue weighted by atomic mass is 35.5. The van der Waals surface area contributed by atoms with Crippen molar-refractivity contribution in [2.45, 2.75) is 18.9 Å². The topological polar surface area (TPSA) is 12.5 Å². The van der Waals surface area contributed by atoms with Gasteiger partial charge in [0.1, 0.15) is 12.3 Å². The minimum Gasteiger partial charge on any atom is -0.412 e. The van der Waals surface area contributed by atoms with E-state index in [0.29, 0.717) is 5.03 Å². The number of benzene rings is 2. The van der Waals surface area contributed by atoms with Gasteiger partial charge in [-0.15, -0.1) is 5.06 Å². The van der Waals surface area contributed by atoms with Crippen LogP contribution in [0.1, 0.15) is 23.6 Å². The van der Waals surface area contributed by atoms with Crippen molar-refractivity contribution in [1.29, 1.82) is 0 Å². The van der Waals surface area contributed by atoms with Gasteiger partial charge in [-0.3, -0.25) is 0 Å². The Labute approximate surface area is 140 Å². The summed E-state index contributed by atoms with van der Waals surface area (Å²) >= 11 is 12.3. The van der Waals surface area contributed by atoms with Crippen molar-refractivity contribution in [3.63, 3.8) is 0 Å². The first kappa shape index (κ1) is 15.4. The summed E-state index contributed by atoms with van der Waals surface area (Å²) < 4.78 is 0. The number of hydrogen-bond acceptors (Lipinski definition) is 2. The minimum absolute atomic E-state index is 0.0466. The van der Waals surface area contributed by atoms with Gasteiger partial charge < -0.3 is 4.84 Å². The highest BCUT2D eigenvalue weighted by Crippen LogP contribution is 2.36. The van der Waals surface area contributed by atoms with Crippen molar-refractivity contribution < 1.29 is 4.84 Å². The Morgan fingerprint density at radius 3 is 2.41 bits per heavy atom. The van der Waals surface area contributed by atoms with Crippen LogP contribution in [0.5, 0.6) is 0 Å². The average molecular weight is 334 g/mol. The summed E-state index contributed by atoms with van der Waals surface area (Å²) in [6, 6.07) is 18.1. The maximum atomic E-state index is 6.30. The number of hydroxylamine groups is 2. The molecule has 0 N–H and O–H groups in total. The molecule has 1 unspecified atom stereocenters. The van der Waals surface area contributed by atoms with Gasteiger partial charge >= 0.3 is 0 Å². The van der Waals surface area contributed by atoms with E-state index in [1.807, 2.05) is 35.4 Å². The van der Waals surface area contributed by atoms with Crippen LogP contribution in [0.3, 0.4) is 0 Å². The minimum atomic E-state index is -0.0466. The van der Waals surface area contributed by atoms with Crippen molar-refractivity contribution >= 4 is 23.2 Å². The first-order chi connectivity index (χ1) is 10.7. The summed E-state index contributed by atoms with van der Waals surface area (Å²) in [6.07, 6.45) is 3.64. The molecular weight excluding hydrogens is 317 g/mol. The lowest BCUT2D eigenvalue weighted by Crippen LogP contribution is -2.25. The van der Waals surface area contributed by atoms with E-state index >= 15 is 0 Å². The van der Waals surface area contributed by atoms with E-state index in [-0.39, 0.29) is 6.04 Å². The molecule has 0 spiro atoms. The number of hydrogen-bond donors (Lipinski definition) is 0. The maximum absolute atomic E-state index is 6.30. The third-order valence-corrected chi connectivity index (χ3v) is 4.27. The second-order valence-electron chi connectivity index (χ2n) is 5.29. The lowest BCUT2D eigenvalue weighted by molar-refractivity contribution is -0.106. The molecule has 3 rings (SSSR count). The van der Waals surface area contributed by atoms with Crippen LogP contribution in [0.4, 0.5) is 0 Å². The Bertz CT molecular complexity index is 640. The zero-order valence-corrected chi connectivity index (χ0v) is 13.6. The van der Waals surface area contributed by atoms with Gasteiger partial charge in [-0.05, 0) is 36.1 Å². The van der Waals surface area contributed by atoms with Gasteiger partial charge in [0.05, 0.1) is 5.03 Å². The van der Waals surface area contributed by atoms with Crippen molar-refractivity contribution in [2.75, 3.05) is 6.54 Å². The molecule has 0 aliphatic carbocycles. The number of nitrogens with zero attached hydrogens (tertiary/aromatic N) is 1. The van der Waals surface area contributed by atoms with Crippen LogP contribution >= 0.6 is 23.2 Å². The molecule has 2 nitrogen and oxygen atoms in total.